The maximum absolute atomic E-state index is 13.7. The number of fused-ring (bicyclic) bond motifs is 1. The first-order valence-electron chi connectivity index (χ1n) is 12.5. The minimum atomic E-state index is -1.27. The van der Waals surface area contributed by atoms with Gasteiger partial charge in [-0.25, -0.2) is 13.2 Å². The number of nitrogens with zero attached hydrogens (tertiary/aromatic N) is 2. The third-order valence-corrected chi connectivity index (χ3v) is 6.70. The number of aliphatic hydroxyl groups is 1. The minimum absolute atomic E-state index is 0.133. The summed E-state index contributed by atoms with van der Waals surface area (Å²) in [5.41, 5.74) is 2.19. The molecule has 0 radical (unpaired) electrons. The first-order chi connectivity index (χ1) is 18.4. The Morgan fingerprint density at radius 1 is 1.18 bits per heavy atom. The molecule has 38 heavy (non-hydrogen) atoms. The SMILES string of the molecule is COc1ccc2ncc(CO)c(CCCOC(=O)C3CCN(CC#Cc4cc(F)cc(F)c4F)CC3)c2c1. The van der Waals surface area contributed by atoms with E-state index in [-0.39, 0.29) is 30.7 Å². The molecule has 1 saturated heterocycles. The molecule has 0 saturated carbocycles. The van der Waals surface area contributed by atoms with Gasteiger partial charge in [0.15, 0.2) is 11.6 Å². The van der Waals surface area contributed by atoms with Gasteiger partial charge in [0.1, 0.15) is 11.6 Å². The van der Waals surface area contributed by atoms with Gasteiger partial charge in [0.2, 0.25) is 0 Å². The second-order valence-corrected chi connectivity index (χ2v) is 9.18. The fraction of sp³-hybridized carbons (Fsp3) is 0.379. The van der Waals surface area contributed by atoms with E-state index in [1.165, 1.54) is 0 Å². The lowest BCUT2D eigenvalue weighted by molar-refractivity contribution is -0.150. The predicted octanol–water partition coefficient (Wildman–Crippen LogP) is 4.39. The summed E-state index contributed by atoms with van der Waals surface area (Å²) in [4.78, 5) is 19.0. The Kier molecular flexibility index (Phi) is 9.21. The summed E-state index contributed by atoms with van der Waals surface area (Å²) in [7, 11) is 1.60. The van der Waals surface area contributed by atoms with Crippen LogP contribution in [0.15, 0.2) is 36.5 Å². The number of ether oxygens (including phenoxy) is 2. The zero-order valence-corrected chi connectivity index (χ0v) is 21.1. The largest absolute Gasteiger partial charge is 0.497 e. The number of hydrogen-bond donors (Lipinski definition) is 1. The fourth-order valence-corrected chi connectivity index (χ4v) is 4.59. The first-order valence-corrected chi connectivity index (χ1v) is 12.5. The number of rotatable bonds is 8. The van der Waals surface area contributed by atoms with Crippen molar-refractivity contribution in [2.75, 3.05) is 33.4 Å². The third-order valence-electron chi connectivity index (χ3n) is 6.70. The number of aromatic nitrogens is 1. The molecule has 0 spiro atoms. The molecular formula is C29H29F3N2O4. The van der Waals surface area contributed by atoms with Gasteiger partial charge in [-0.2, -0.15) is 0 Å². The summed E-state index contributed by atoms with van der Waals surface area (Å²) in [6, 6.07) is 6.95. The van der Waals surface area contributed by atoms with Crippen molar-refractivity contribution in [1.29, 1.82) is 0 Å². The molecule has 0 amide bonds. The van der Waals surface area contributed by atoms with Gasteiger partial charge in [-0.15, -0.1) is 0 Å². The highest BCUT2D eigenvalue weighted by Gasteiger charge is 2.25. The van der Waals surface area contributed by atoms with Crippen LogP contribution in [-0.2, 0) is 22.6 Å². The van der Waals surface area contributed by atoms with Crippen molar-refractivity contribution >= 4 is 16.9 Å². The molecule has 6 nitrogen and oxygen atoms in total. The monoisotopic (exact) mass is 526 g/mol. The first kappa shape index (κ1) is 27.4. The van der Waals surface area contributed by atoms with Crippen molar-refractivity contribution in [3.63, 3.8) is 0 Å². The van der Waals surface area contributed by atoms with Crippen LogP contribution in [0, 0.1) is 35.2 Å². The van der Waals surface area contributed by atoms with Crippen molar-refractivity contribution in [2.24, 2.45) is 5.92 Å². The standard InChI is InChI=1S/C29H29F3N2O4/c1-37-23-6-7-27-25(16-23)24(21(18-35)17-33-27)5-3-13-38-29(36)19-8-11-34(12-9-19)10-2-4-20-14-22(30)15-26(31)28(20)32/h6-7,14-17,19,35H,3,5,8-13,18H2,1H3. The molecule has 2 heterocycles. The van der Waals surface area contributed by atoms with Crippen LogP contribution in [-0.4, -0.2) is 54.3 Å². The number of aliphatic hydroxyl groups excluding tert-OH is 1. The fourth-order valence-electron chi connectivity index (χ4n) is 4.59. The van der Waals surface area contributed by atoms with E-state index in [0.717, 1.165) is 28.1 Å². The van der Waals surface area contributed by atoms with E-state index in [0.29, 0.717) is 57.1 Å². The van der Waals surface area contributed by atoms with Crippen LogP contribution in [0.25, 0.3) is 10.9 Å². The molecule has 200 valence electrons. The molecule has 1 aromatic heterocycles. The summed E-state index contributed by atoms with van der Waals surface area (Å²) >= 11 is 0. The average Bonchev–Trinajstić information content (AvgIpc) is 2.93. The number of pyridine rings is 1. The van der Waals surface area contributed by atoms with Gasteiger partial charge < -0.3 is 14.6 Å². The van der Waals surface area contributed by atoms with Crippen LogP contribution in [0.2, 0.25) is 0 Å². The Morgan fingerprint density at radius 2 is 1.97 bits per heavy atom. The second kappa shape index (κ2) is 12.8. The normalized spacial score (nSPS) is 14.2. The molecular weight excluding hydrogens is 497 g/mol. The van der Waals surface area contributed by atoms with Crippen molar-refractivity contribution in [3.8, 4) is 17.6 Å². The van der Waals surface area contributed by atoms with E-state index >= 15 is 0 Å². The van der Waals surface area contributed by atoms with E-state index in [1.54, 1.807) is 13.3 Å². The molecule has 9 heteroatoms. The number of halogens is 3. The lowest BCUT2D eigenvalue weighted by atomic mass is 9.97. The summed E-state index contributed by atoms with van der Waals surface area (Å²) in [6.45, 7) is 1.65. The number of benzene rings is 2. The van der Waals surface area contributed by atoms with Gasteiger partial charge in [0, 0.05) is 17.6 Å². The van der Waals surface area contributed by atoms with Crippen LogP contribution < -0.4 is 4.74 Å². The highest BCUT2D eigenvalue weighted by molar-refractivity contribution is 5.84. The zero-order valence-electron chi connectivity index (χ0n) is 21.1. The van der Waals surface area contributed by atoms with Crippen molar-refractivity contribution in [3.05, 3.63) is 70.7 Å². The number of piperidine rings is 1. The van der Waals surface area contributed by atoms with Crippen molar-refractivity contribution in [2.45, 2.75) is 32.3 Å². The quantitative estimate of drug-likeness (QED) is 0.203. The van der Waals surface area contributed by atoms with Crippen molar-refractivity contribution in [1.82, 2.24) is 9.88 Å². The van der Waals surface area contributed by atoms with Gasteiger partial charge in [0.05, 0.1) is 43.9 Å². The molecule has 0 aliphatic carbocycles. The molecule has 1 N–H and O–H groups in total. The van der Waals surface area contributed by atoms with Gasteiger partial charge >= 0.3 is 5.97 Å². The Labute approximate surface area is 219 Å². The predicted molar refractivity (Wildman–Crippen MR) is 136 cm³/mol. The molecule has 1 fully saturated rings. The Hall–Kier alpha value is -3.61. The summed E-state index contributed by atoms with van der Waals surface area (Å²) < 4.78 is 51.2. The highest BCUT2D eigenvalue weighted by Crippen LogP contribution is 2.26. The second-order valence-electron chi connectivity index (χ2n) is 9.18. The van der Waals surface area contributed by atoms with Crippen LogP contribution >= 0.6 is 0 Å². The third kappa shape index (κ3) is 6.63. The maximum Gasteiger partial charge on any atom is 0.309 e. The van der Waals surface area contributed by atoms with Crippen LogP contribution in [0.5, 0.6) is 5.75 Å². The van der Waals surface area contributed by atoms with Gasteiger partial charge in [-0.1, -0.05) is 11.8 Å². The smallest absolute Gasteiger partial charge is 0.309 e. The van der Waals surface area contributed by atoms with E-state index in [2.05, 4.69) is 16.8 Å². The Morgan fingerprint density at radius 3 is 2.71 bits per heavy atom. The topological polar surface area (TPSA) is 71.9 Å². The molecule has 0 atom stereocenters. The van der Waals surface area contributed by atoms with Crippen LogP contribution in [0.3, 0.4) is 0 Å². The minimum Gasteiger partial charge on any atom is -0.497 e. The van der Waals surface area contributed by atoms with E-state index < -0.39 is 17.5 Å². The summed E-state index contributed by atoms with van der Waals surface area (Å²) in [6.07, 6.45) is 4.09. The number of carbonyl (C=O) groups excluding carboxylic acids is 1. The molecule has 1 aliphatic heterocycles. The van der Waals surface area contributed by atoms with Gasteiger partial charge in [-0.05, 0) is 74.2 Å². The highest BCUT2D eigenvalue weighted by atomic mass is 19.2. The number of esters is 1. The maximum atomic E-state index is 13.7. The lowest BCUT2D eigenvalue weighted by Crippen LogP contribution is -2.37. The molecule has 3 aromatic rings. The van der Waals surface area contributed by atoms with E-state index in [1.807, 2.05) is 23.1 Å². The van der Waals surface area contributed by atoms with Crippen molar-refractivity contribution < 1.29 is 32.5 Å². The number of aryl methyl sites for hydroxylation is 1. The van der Waals surface area contributed by atoms with Gasteiger partial charge in [-0.3, -0.25) is 14.7 Å². The Bertz CT molecular complexity index is 1360. The summed E-state index contributed by atoms with van der Waals surface area (Å²) in [5.74, 6) is 2.18. The number of likely N-dealkylation sites (tertiary alicyclic amines) is 1. The molecule has 4 rings (SSSR count). The zero-order chi connectivity index (χ0) is 27.1. The Balaban J connectivity index is 1.24. The van der Waals surface area contributed by atoms with Gasteiger partial charge in [0.25, 0.3) is 0 Å². The molecule has 0 unspecified atom stereocenters. The molecule has 0 bridgehead atoms. The van der Waals surface area contributed by atoms with Crippen LogP contribution in [0.4, 0.5) is 13.2 Å². The van der Waals surface area contributed by atoms with E-state index in [4.69, 9.17) is 9.47 Å². The number of methoxy groups -OCH3 is 1. The van der Waals surface area contributed by atoms with Crippen LogP contribution in [0.1, 0.15) is 36.0 Å². The number of carbonyl (C=O) groups is 1. The summed E-state index contributed by atoms with van der Waals surface area (Å²) in [5, 5.41) is 10.7. The number of hydrogen-bond acceptors (Lipinski definition) is 6. The molecule has 1 aliphatic rings. The van der Waals surface area contributed by atoms with E-state index in [9.17, 15) is 23.1 Å². The average molecular weight is 527 g/mol. The molecule has 2 aromatic carbocycles. The lowest BCUT2D eigenvalue weighted by Gasteiger charge is -2.29.